The van der Waals surface area contributed by atoms with Crippen LogP contribution in [0.5, 0.6) is 5.75 Å². The molecule has 28 heavy (non-hydrogen) atoms. The molecule has 2 amide bonds. The molecule has 0 bridgehead atoms. The van der Waals surface area contributed by atoms with Gasteiger partial charge in [-0.1, -0.05) is 49.4 Å². The number of aromatic hydroxyl groups is 1. The minimum Gasteiger partial charge on any atom is -0.508 e. The fourth-order valence-corrected chi connectivity index (χ4v) is 3.01. The molecule has 1 atom stereocenters. The standard InChI is InChI=1S/C23H22N2O3/c1-2-21(16-8-4-3-5-9-16)23(28)25-18-11-6-10-17(14-18)22(27)24-19-12-7-13-20(26)15-19/h3-15,21,26H,2H2,1H3,(H,24,27)(H,25,28). The monoisotopic (exact) mass is 374 g/mol. The summed E-state index contributed by atoms with van der Waals surface area (Å²) in [6.07, 6.45) is 0.674. The highest BCUT2D eigenvalue weighted by Crippen LogP contribution is 2.22. The Morgan fingerprint density at radius 3 is 2.21 bits per heavy atom. The smallest absolute Gasteiger partial charge is 0.255 e. The molecule has 1 unspecified atom stereocenters. The molecule has 0 aromatic heterocycles. The molecular weight excluding hydrogens is 352 g/mol. The predicted molar refractivity (Wildman–Crippen MR) is 111 cm³/mol. The number of hydrogen-bond acceptors (Lipinski definition) is 3. The quantitative estimate of drug-likeness (QED) is 0.581. The Labute approximate surface area is 164 Å². The highest BCUT2D eigenvalue weighted by atomic mass is 16.3. The number of anilines is 2. The van der Waals surface area contributed by atoms with Crippen molar-refractivity contribution in [1.82, 2.24) is 0 Å². The number of benzene rings is 3. The summed E-state index contributed by atoms with van der Waals surface area (Å²) in [7, 11) is 0. The van der Waals surface area contributed by atoms with Gasteiger partial charge in [-0.05, 0) is 42.3 Å². The average Bonchev–Trinajstić information content (AvgIpc) is 2.69. The van der Waals surface area contributed by atoms with Gasteiger partial charge in [0.15, 0.2) is 0 Å². The molecule has 142 valence electrons. The number of phenols is 1. The van der Waals surface area contributed by atoms with E-state index in [1.807, 2.05) is 37.3 Å². The molecule has 0 spiro atoms. The van der Waals surface area contributed by atoms with Crippen molar-refractivity contribution < 1.29 is 14.7 Å². The first-order valence-electron chi connectivity index (χ1n) is 9.13. The normalized spacial score (nSPS) is 11.5. The molecule has 0 heterocycles. The van der Waals surface area contributed by atoms with E-state index in [0.717, 1.165) is 5.56 Å². The molecule has 0 fully saturated rings. The van der Waals surface area contributed by atoms with E-state index < -0.39 is 0 Å². The van der Waals surface area contributed by atoms with Crippen LogP contribution >= 0.6 is 0 Å². The third-order valence-corrected chi connectivity index (χ3v) is 4.42. The fourth-order valence-electron chi connectivity index (χ4n) is 3.01. The molecule has 0 aliphatic heterocycles. The lowest BCUT2D eigenvalue weighted by Gasteiger charge is -2.16. The Kier molecular flexibility index (Phi) is 6.07. The largest absolute Gasteiger partial charge is 0.508 e. The van der Waals surface area contributed by atoms with Crippen LogP contribution in [0.3, 0.4) is 0 Å². The summed E-state index contributed by atoms with van der Waals surface area (Å²) >= 11 is 0. The summed E-state index contributed by atoms with van der Waals surface area (Å²) in [6, 6.07) is 22.7. The molecule has 0 radical (unpaired) electrons. The molecule has 0 saturated carbocycles. The van der Waals surface area contributed by atoms with E-state index in [1.165, 1.54) is 12.1 Å². The second-order valence-corrected chi connectivity index (χ2v) is 6.45. The Morgan fingerprint density at radius 2 is 1.54 bits per heavy atom. The summed E-state index contributed by atoms with van der Waals surface area (Å²) in [5, 5.41) is 15.1. The van der Waals surface area contributed by atoms with Crippen molar-refractivity contribution in [2.45, 2.75) is 19.3 Å². The Bertz CT molecular complexity index is 970. The minimum atomic E-state index is -0.322. The van der Waals surface area contributed by atoms with Crippen molar-refractivity contribution >= 4 is 23.2 Å². The maximum Gasteiger partial charge on any atom is 0.255 e. The molecule has 3 aromatic carbocycles. The van der Waals surface area contributed by atoms with Gasteiger partial charge in [0.1, 0.15) is 5.75 Å². The summed E-state index contributed by atoms with van der Waals surface area (Å²) in [5.74, 6) is -0.618. The highest BCUT2D eigenvalue weighted by Gasteiger charge is 2.19. The van der Waals surface area contributed by atoms with Crippen molar-refractivity contribution in [2.24, 2.45) is 0 Å². The third kappa shape index (κ3) is 4.76. The zero-order valence-electron chi connectivity index (χ0n) is 15.6. The lowest BCUT2D eigenvalue weighted by Crippen LogP contribution is -2.21. The SMILES string of the molecule is CCC(C(=O)Nc1cccc(C(=O)Nc2cccc(O)c2)c1)c1ccccc1. The summed E-state index contributed by atoms with van der Waals surface area (Å²) in [6.45, 7) is 1.97. The second kappa shape index (κ2) is 8.86. The number of carbonyl (C=O) groups is 2. The minimum absolute atomic E-state index is 0.0744. The number of carbonyl (C=O) groups excluding carboxylic acids is 2. The van der Waals surface area contributed by atoms with E-state index in [4.69, 9.17) is 0 Å². The second-order valence-electron chi connectivity index (χ2n) is 6.45. The molecule has 0 aliphatic rings. The zero-order valence-corrected chi connectivity index (χ0v) is 15.6. The zero-order chi connectivity index (χ0) is 19.9. The molecule has 5 nitrogen and oxygen atoms in total. The number of nitrogens with one attached hydrogen (secondary N) is 2. The number of hydrogen-bond donors (Lipinski definition) is 3. The first-order chi connectivity index (χ1) is 13.6. The molecule has 3 N–H and O–H groups in total. The van der Waals surface area contributed by atoms with Crippen LogP contribution < -0.4 is 10.6 Å². The van der Waals surface area contributed by atoms with Crippen molar-refractivity contribution in [3.63, 3.8) is 0 Å². The van der Waals surface area contributed by atoms with Crippen molar-refractivity contribution in [1.29, 1.82) is 0 Å². The van der Waals surface area contributed by atoms with Gasteiger partial charge in [-0.2, -0.15) is 0 Å². The molecule has 5 heteroatoms. The molecule has 0 aliphatic carbocycles. The van der Waals surface area contributed by atoms with E-state index in [0.29, 0.717) is 23.4 Å². The summed E-state index contributed by atoms with van der Waals surface area (Å²) < 4.78 is 0. The maximum atomic E-state index is 12.7. The summed E-state index contributed by atoms with van der Waals surface area (Å²) in [4.78, 5) is 25.2. The Hall–Kier alpha value is -3.60. The van der Waals surface area contributed by atoms with E-state index in [-0.39, 0.29) is 23.5 Å². The van der Waals surface area contributed by atoms with Crippen LogP contribution in [-0.2, 0) is 4.79 Å². The van der Waals surface area contributed by atoms with Gasteiger partial charge in [0.05, 0.1) is 5.92 Å². The van der Waals surface area contributed by atoms with Gasteiger partial charge < -0.3 is 15.7 Å². The van der Waals surface area contributed by atoms with Gasteiger partial charge in [-0.3, -0.25) is 9.59 Å². The Balaban J connectivity index is 1.72. The van der Waals surface area contributed by atoms with E-state index in [2.05, 4.69) is 10.6 Å². The molecule has 3 rings (SSSR count). The van der Waals surface area contributed by atoms with Gasteiger partial charge in [-0.25, -0.2) is 0 Å². The fraction of sp³-hybridized carbons (Fsp3) is 0.130. The first kappa shape index (κ1) is 19.2. The van der Waals surface area contributed by atoms with Crippen molar-refractivity contribution in [3.8, 4) is 5.75 Å². The third-order valence-electron chi connectivity index (χ3n) is 4.42. The molecule has 0 saturated heterocycles. The van der Waals surface area contributed by atoms with Crippen LogP contribution in [-0.4, -0.2) is 16.9 Å². The predicted octanol–water partition coefficient (Wildman–Crippen LogP) is 4.78. The first-order valence-corrected chi connectivity index (χ1v) is 9.13. The molecule has 3 aromatic rings. The van der Waals surface area contributed by atoms with Crippen LogP contribution in [0.15, 0.2) is 78.9 Å². The summed E-state index contributed by atoms with van der Waals surface area (Å²) in [5.41, 5.74) is 2.42. The van der Waals surface area contributed by atoms with Crippen LogP contribution in [0.4, 0.5) is 11.4 Å². The van der Waals surface area contributed by atoms with Gasteiger partial charge in [0.25, 0.3) is 5.91 Å². The van der Waals surface area contributed by atoms with E-state index in [9.17, 15) is 14.7 Å². The van der Waals surface area contributed by atoms with E-state index >= 15 is 0 Å². The van der Waals surface area contributed by atoms with Gasteiger partial charge in [-0.15, -0.1) is 0 Å². The van der Waals surface area contributed by atoms with Crippen LogP contribution in [0, 0.1) is 0 Å². The van der Waals surface area contributed by atoms with Crippen molar-refractivity contribution in [2.75, 3.05) is 10.6 Å². The van der Waals surface area contributed by atoms with Crippen LogP contribution in [0.25, 0.3) is 0 Å². The highest BCUT2D eigenvalue weighted by molar-refractivity contribution is 6.05. The van der Waals surface area contributed by atoms with Gasteiger partial charge >= 0.3 is 0 Å². The maximum absolute atomic E-state index is 12.7. The number of rotatable bonds is 6. The van der Waals surface area contributed by atoms with E-state index in [1.54, 1.807) is 36.4 Å². The van der Waals surface area contributed by atoms with Gasteiger partial charge in [0, 0.05) is 23.0 Å². The van der Waals surface area contributed by atoms with Crippen LogP contribution in [0.1, 0.15) is 35.2 Å². The van der Waals surface area contributed by atoms with Crippen molar-refractivity contribution in [3.05, 3.63) is 90.0 Å². The van der Waals surface area contributed by atoms with Crippen LogP contribution in [0.2, 0.25) is 0 Å². The lowest BCUT2D eigenvalue weighted by atomic mass is 9.95. The number of amides is 2. The average molecular weight is 374 g/mol. The Morgan fingerprint density at radius 1 is 0.857 bits per heavy atom. The van der Waals surface area contributed by atoms with Gasteiger partial charge in [0.2, 0.25) is 5.91 Å². The molecular formula is C23H22N2O3. The topological polar surface area (TPSA) is 78.4 Å². The number of phenolic OH excluding ortho intramolecular Hbond substituents is 1. The lowest BCUT2D eigenvalue weighted by molar-refractivity contribution is -0.117.